The summed E-state index contributed by atoms with van der Waals surface area (Å²) < 4.78 is 1.27. The van der Waals surface area contributed by atoms with Gasteiger partial charge in [0.15, 0.2) is 0 Å². The second-order valence-electron chi connectivity index (χ2n) is 6.83. The molecule has 0 N–H and O–H groups in total. The average molecular weight is 343 g/mol. The molecule has 0 radical (unpaired) electrons. The van der Waals surface area contributed by atoms with Crippen LogP contribution in [0.25, 0.3) is 31.8 Å². The van der Waals surface area contributed by atoms with Gasteiger partial charge in [-0.2, -0.15) is 0 Å². The van der Waals surface area contributed by atoms with Gasteiger partial charge in [0.2, 0.25) is 0 Å². The number of fused-ring (bicyclic) bond motifs is 1. The average Bonchev–Trinajstić information content (AvgIpc) is 2.97. The van der Waals surface area contributed by atoms with Crippen LogP contribution >= 0.6 is 11.3 Å². The van der Waals surface area contributed by atoms with E-state index >= 15 is 0 Å². The summed E-state index contributed by atoms with van der Waals surface area (Å²) in [5, 5.41) is 1.27. The monoisotopic (exact) mass is 343 g/mol. The van der Waals surface area contributed by atoms with Gasteiger partial charge in [-0.1, -0.05) is 35.4 Å². The van der Waals surface area contributed by atoms with Crippen molar-refractivity contribution in [2.45, 2.75) is 27.7 Å². The number of hydrogen-bond donors (Lipinski definition) is 0. The minimum absolute atomic E-state index is 1.09. The maximum absolute atomic E-state index is 4.72. The number of benzene rings is 2. The predicted molar refractivity (Wildman–Crippen MR) is 109 cm³/mol. The van der Waals surface area contributed by atoms with Crippen LogP contribution in [0, 0.1) is 27.7 Å². The molecule has 0 saturated carbocycles. The predicted octanol–water partition coefficient (Wildman–Crippen LogP) is 6.86. The Balaban J connectivity index is 1.96. The van der Waals surface area contributed by atoms with Crippen molar-refractivity contribution in [1.29, 1.82) is 0 Å². The second-order valence-corrected chi connectivity index (χ2v) is 7.88. The molecule has 0 aliphatic rings. The first kappa shape index (κ1) is 16.0. The van der Waals surface area contributed by atoms with Crippen molar-refractivity contribution in [3.8, 4) is 21.7 Å². The van der Waals surface area contributed by atoms with Crippen LogP contribution in [0.3, 0.4) is 0 Å². The van der Waals surface area contributed by atoms with E-state index in [1.807, 2.05) is 17.5 Å². The van der Waals surface area contributed by atoms with E-state index in [4.69, 9.17) is 4.98 Å². The largest absolute Gasteiger partial charge is 0.255 e. The van der Waals surface area contributed by atoms with Crippen molar-refractivity contribution in [3.05, 3.63) is 77.0 Å². The lowest BCUT2D eigenvalue weighted by Gasteiger charge is -2.07. The standard InChI is InChI=1S/C23H21NS/c1-14-10-15(2)12-19(11-14)22-23-18(8-9-24-22)13-20(25-23)21-16(3)6-5-7-17(21)4/h5-13H,1-4H3. The molecule has 1 nitrogen and oxygen atoms in total. The Bertz CT molecular complexity index is 1050. The van der Waals surface area contributed by atoms with Gasteiger partial charge in [0.25, 0.3) is 0 Å². The molecule has 4 rings (SSSR count). The minimum Gasteiger partial charge on any atom is -0.255 e. The summed E-state index contributed by atoms with van der Waals surface area (Å²) in [7, 11) is 0. The normalized spacial score (nSPS) is 11.2. The molecule has 0 aliphatic heterocycles. The van der Waals surface area contributed by atoms with Crippen LogP contribution in [0.1, 0.15) is 22.3 Å². The highest BCUT2D eigenvalue weighted by Crippen LogP contribution is 2.40. The molecule has 25 heavy (non-hydrogen) atoms. The fraction of sp³-hybridized carbons (Fsp3) is 0.174. The number of aromatic nitrogens is 1. The molecule has 0 fully saturated rings. The summed E-state index contributed by atoms with van der Waals surface area (Å²) in [5.74, 6) is 0. The number of thiophene rings is 1. The van der Waals surface area contributed by atoms with E-state index in [-0.39, 0.29) is 0 Å². The van der Waals surface area contributed by atoms with Crippen molar-refractivity contribution < 1.29 is 0 Å². The molecule has 0 bridgehead atoms. The van der Waals surface area contributed by atoms with E-state index in [2.05, 4.69) is 76.2 Å². The number of aryl methyl sites for hydroxylation is 4. The van der Waals surface area contributed by atoms with Gasteiger partial charge in [0, 0.05) is 16.6 Å². The van der Waals surface area contributed by atoms with Crippen molar-refractivity contribution in [1.82, 2.24) is 4.98 Å². The first-order chi connectivity index (χ1) is 12.0. The third kappa shape index (κ3) is 2.87. The fourth-order valence-corrected chi connectivity index (χ4v) is 4.95. The van der Waals surface area contributed by atoms with Crippen molar-refractivity contribution >= 4 is 21.4 Å². The molecule has 2 aromatic heterocycles. The van der Waals surface area contributed by atoms with Crippen molar-refractivity contribution in [3.63, 3.8) is 0 Å². The van der Waals surface area contributed by atoms with E-state index < -0.39 is 0 Å². The van der Waals surface area contributed by atoms with Crippen LogP contribution < -0.4 is 0 Å². The van der Waals surface area contributed by atoms with E-state index in [1.54, 1.807) is 0 Å². The van der Waals surface area contributed by atoms with Crippen LogP contribution in [-0.2, 0) is 0 Å². The number of nitrogens with zero attached hydrogens (tertiary/aromatic N) is 1. The van der Waals surface area contributed by atoms with Gasteiger partial charge in [-0.15, -0.1) is 11.3 Å². The number of pyridine rings is 1. The zero-order valence-electron chi connectivity index (χ0n) is 15.1. The molecule has 0 unspecified atom stereocenters. The van der Waals surface area contributed by atoms with Gasteiger partial charge in [-0.05, 0) is 74.0 Å². The first-order valence-corrected chi connectivity index (χ1v) is 9.38. The third-order valence-electron chi connectivity index (χ3n) is 4.66. The van der Waals surface area contributed by atoms with Gasteiger partial charge >= 0.3 is 0 Å². The van der Waals surface area contributed by atoms with E-state index in [0.717, 1.165) is 5.69 Å². The number of hydrogen-bond acceptors (Lipinski definition) is 2. The molecule has 124 valence electrons. The molecule has 0 aliphatic carbocycles. The van der Waals surface area contributed by atoms with E-state index in [9.17, 15) is 0 Å². The molecular formula is C23H21NS. The van der Waals surface area contributed by atoms with Crippen LogP contribution in [0.2, 0.25) is 0 Å². The third-order valence-corrected chi connectivity index (χ3v) is 5.83. The van der Waals surface area contributed by atoms with Gasteiger partial charge < -0.3 is 0 Å². The van der Waals surface area contributed by atoms with Gasteiger partial charge in [0.05, 0.1) is 10.4 Å². The Labute approximate surface area is 153 Å². The lowest BCUT2D eigenvalue weighted by molar-refractivity contribution is 1.33. The Morgan fingerprint density at radius 3 is 2.16 bits per heavy atom. The van der Waals surface area contributed by atoms with Crippen molar-refractivity contribution in [2.24, 2.45) is 0 Å². The van der Waals surface area contributed by atoms with Crippen LogP contribution in [0.5, 0.6) is 0 Å². The first-order valence-electron chi connectivity index (χ1n) is 8.57. The van der Waals surface area contributed by atoms with Crippen LogP contribution in [-0.4, -0.2) is 4.98 Å². The molecule has 2 heterocycles. The van der Waals surface area contributed by atoms with Crippen molar-refractivity contribution in [2.75, 3.05) is 0 Å². The molecule has 0 atom stereocenters. The van der Waals surface area contributed by atoms with E-state index in [1.165, 1.54) is 48.3 Å². The minimum atomic E-state index is 1.09. The summed E-state index contributed by atoms with van der Waals surface area (Å²) in [6, 6.07) is 17.6. The Hall–Kier alpha value is -2.45. The summed E-state index contributed by atoms with van der Waals surface area (Å²) in [6.45, 7) is 8.67. The Morgan fingerprint density at radius 2 is 1.48 bits per heavy atom. The molecular weight excluding hydrogens is 322 g/mol. The SMILES string of the molecule is Cc1cc(C)cc(-c2nccc3cc(-c4c(C)cccc4C)sc23)c1. The van der Waals surface area contributed by atoms with Gasteiger partial charge in [-0.3, -0.25) is 4.98 Å². The van der Waals surface area contributed by atoms with E-state index in [0.29, 0.717) is 0 Å². The zero-order valence-corrected chi connectivity index (χ0v) is 15.9. The summed E-state index contributed by atoms with van der Waals surface area (Å²) in [5.41, 5.74) is 8.86. The second kappa shape index (κ2) is 6.12. The molecule has 2 aromatic carbocycles. The van der Waals surface area contributed by atoms with Crippen LogP contribution in [0.15, 0.2) is 54.7 Å². The van der Waals surface area contributed by atoms with Gasteiger partial charge in [-0.25, -0.2) is 0 Å². The highest BCUT2D eigenvalue weighted by Gasteiger charge is 2.13. The lowest BCUT2D eigenvalue weighted by Crippen LogP contribution is -1.86. The van der Waals surface area contributed by atoms with Crippen LogP contribution in [0.4, 0.5) is 0 Å². The molecule has 4 aromatic rings. The van der Waals surface area contributed by atoms with Gasteiger partial charge in [0.1, 0.15) is 0 Å². The molecule has 0 saturated heterocycles. The smallest absolute Gasteiger partial charge is 0.0880 e. The summed E-state index contributed by atoms with van der Waals surface area (Å²) in [4.78, 5) is 6.04. The maximum Gasteiger partial charge on any atom is 0.0880 e. The molecule has 2 heteroatoms. The number of rotatable bonds is 2. The highest BCUT2D eigenvalue weighted by atomic mass is 32.1. The zero-order chi connectivity index (χ0) is 17.6. The molecule has 0 spiro atoms. The highest BCUT2D eigenvalue weighted by molar-refractivity contribution is 7.22. The summed E-state index contributed by atoms with van der Waals surface area (Å²) in [6.07, 6.45) is 1.93. The maximum atomic E-state index is 4.72. The summed E-state index contributed by atoms with van der Waals surface area (Å²) >= 11 is 1.85. The Morgan fingerprint density at radius 1 is 0.800 bits per heavy atom. The topological polar surface area (TPSA) is 12.9 Å². The molecule has 0 amide bonds. The quantitative estimate of drug-likeness (QED) is 0.387. The Kier molecular flexibility index (Phi) is 3.93. The fourth-order valence-electron chi connectivity index (χ4n) is 3.61. The lowest BCUT2D eigenvalue weighted by atomic mass is 10.0.